The molecule has 0 saturated carbocycles. The lowest BCUT2D eigenvalue weighted by Gasteiger charge is -2.12. The van der Waals surface area contributed by atoms with Crippen molar-refractivity contribution in [3.8, 4) is 5.75 Å². The number of anilines is 1. The molecule has 0 radical (unpaired) electrons. The summed E-state index contributed by atoms with van der Waals surface area (Å²) in [5.41, 5.74) is 6.21. The van der Waals surface area contributed by atoms with Crippen molar-refractivity contribution in [2.75, 3.05) is 12.3 Å². The predicted octanol–water partition coefficient (Wildman–Crippen LogP) is 1.73. The zero-order valence-electron chi connectivity index (χ0n) is 9.98. The highest BCUT2D eigenvalue weighted by atomic mass is 16.5. The van der Waals surface area contributed by atoms with Crippen LogP contribution in [-0.4, -0.2) is 18.6 Å². The number of carbonyl (C=O) groups excluding carboxylic acids is 1. The van der Waals surface area contributed by atoms with Gasteiger partial charge in [-0.3, -0.25) is 4.79 Å². The Labute approximate surface area is 101 Å². The van der Waals surface area contributed by atoms with E-state index in [1.54, 1.807) is 30.3 Å². The number of nitrogens with one attached hydrogen (secondary N) is 1. The van der Waals surface area contributed by atoms with Gasteiger partial charge in [0.05, 0.1) is 0 Å². The van der Waals surface area contributed by atoms with Crippen molar-refractivity contribution in [2.45, 2.75) is 19.4 Å². The largest absolute Gasteiger partial charge is 0.484 e. The number of benzene rings is 1. The SMILES string of the molecule is C=CCC(C)NC(=O)COc1ccc(N)cc1. The van der Waals surface area contributed by atoms with Crippen LogP contribution >= 0.6 is 0 Å². The summed E-state index contributed by atoms with van der Waals surface area (Å²) < 4.78 is 5.31. The minimum absolute atomic E-state index is 0.00536. The van der Waals surface area contributed by atoms with Gasteiger partial charge in [0.1, 0.15) is 5.75 Å². The molecule has 1 aromatic rings. The highest BCUT2D eigenvalue weighted by molar-refractivity contribution is 5.77. The normalized spacial score (nSPS) is 11.6. The zero-order chi connectivity index (χ0) is 12.7. The second-order valence-electron chi connectivity index (χ2n) is 3.85. The van der Waals surface area contributed by atoms with Gasteiger partial charge >= 0.3 is 0 Å². The molecular formula is C13H18N2O2. The Morgan fingerprint density at radius 1 is 1.53 bits per heavy atom. The molecule has 0 bridgehead atoms. The van der Waals surface area contributed by atoms with E-state index in [-0.39, 0.29) is 18.6 Å². The van der Waals surface area contributed by atoms with Gasteiger partial charge in [-0.1, -0.05) is 6.08 Å². The van der Waals surface area contributed by atoms with E-state index >= 15 is 0 Å². The first-order chi connectivity index (χ1) is 8.11. The van der Waals surface area contributed by atoms with Crippen molar-refractivity contribution < 1.29 is 9.53 Å². The summed E-state index contributed by atoms with van der Waals surface area (Å²) in [6.45, 7) is 5.54. The van der Waals surface area contributed by atoms with Crippen LogP contribution in [0.2, 0.25) is 0 Å². The van der Waals surface area contributed by atoms with E-state index in [1.165, 1.54) is 0 Å². The lowest BCUT2D eigenvalue weighted by atomic mass is 10.2. The van der Waals surface area contributed by atoms with Crippen LogP contribution in [-0.2, 0) is 4.79 Å². The summed E-state index contributed by atoms with van der Waals surface area (Å²) in [7, 11) is 0. The highest BCUT2D eigenvalue weighted by Gasteiger charge is 2.06. The molecule has 0 aliphatic heterocycles. The van der Waals surface area contributed by atoms with Crippen LogP contribution in [0.5, 0.6) is 5.75 Å². The van der Waals surface area contributed by atoms with Crippen molar-refractivity contribution in [1.29, 1.82) is 0 Å². The van der Waals surface area contributed by atoms with Crippen molar-refractivity contribution >= 4 is 11.6 Å². The Kier molecular flexibility index (Phi) is 5.07. The molecule has 0 heterocycles. The van der Waals surface area contributed by atoms with Crippen LogP contribution < -0.4 is 15.8 Å². The number of rotatable bonds is 6. The van der Waals surface area contributed by atoms with Gasteiger partial charge in [-0.2, -0.15) is 0 Å². The molecule has 0 aromatic heterocycles. The molecule has 1 rings (SSSR count). The number of nitrogens with two attached hydrogens (primary N) is 1. The molecule has 17 heavy (non-hydrogen) atoms. The Balaban J connectivity index is 2.32. The van der Waals surface area contributed by atoms with Gasteiger partial charge in [0.25, 0.3) is 5.91 Å². The molecule has 0 saturated heterocycles. The summed E-state index contributed by atoms with van der Waals surface area (Å²) in [6.07, 6.45) is 2.51. The fraction of sp³-hybridized carbons (Fsp3) is 0.308. The third-order valence-electron chi connectivity index (χ3n) is 2.18. The maximum Gasteiger partial charge on any atom is 0.258 e. The van der Waals surface area contributed by atoms with Crippen LogP contribution in [0.3, 0.4) is 0 Å². The molecule has 0 aliphatic rings. The predicted molar refractivity (Wildman–Crippen MR) is 68.8 cm³/mol. The van der Waals surface area contributed by atoms with Gasteiger partial charge in [0.2, 0.25) is 0 Å². The molecule has 0 fully saturated rings. The average molecular weight is 234 g/mol. The van der Waals surface area contributed by atoms with Crippen molar-refractivity contribution in [2.24, 2.45) is 0 Å². The van der Waals surface area contributed by atoms with E-state index in [0.29, 0.717) is 11.4 Å². The minimum Gasteiger partial charge on any atom is -0.484 e. The quantitative estimate of drug-likeness (QED) is 0.582. The monoisotopic (exact) mass is 234 g/mol. The third kappa shape index (κ3) is 5.06. The summed E-state index contributed by atoms with van der Waals surface area (Å²) >= 11 is 0. The Morgan fingerprint density at radius 3 is 2.76 bits per heavy atom. The minimum atomic E-state index is -0.142. The molecule has 0 aliphatic carbocycles. The molecule has 3 N–H and O–H groups in total. The molecular weight excluding hydrogens is 216 g/mol. The first-order valence-corrected chi connectivity index (χ1v) is 5.50. The van der Waals surface area contributed by atoms with E-state index in [0.717, 1.165) is 6.42 Å². The number of hydrogen-bond acceptors (Lipinski definition) is 3. The first-order valence-electron chi connectivity index (χ1n) is 5.50. The molecule has 1 aromatic carbocycles. The molecule has 92 valence electrons. The van der Waals surface area contributed by atoms with E-state index in [1.807, 2.05) is 6.92 Å². The second-order valence-corrected chi connectivity index (χ2v) is 3.85. The third-order valence-corrected chi connectivity index (χ3v) is 2.18. The van der Waals surface area contributed by atoms with Crippen LogP contribution in [0.25, 0.3) is 0 Å². The maximum absolute atomic E-state index is 11.5. The molecule has 1 atom stereocenters. The standard InChI is InChI=1S/C13H18N2O2/c1-3-4-10(2)15-13(16)9-17-12-7-5-11(14)6-8-12/h3,5-8,10H,1,4,9,14H2,2H3,(H,15,16). The van der Waals surface area contributed by atoms with E-state index in [4.69, 9.17) is 10.5 Å². The Hall–Kier alpha value is -1.97. The smallest absolute Gasteiger partial charge is 0.258 e. The second kappa shape index (κ2) is 6.58. The number of carbonyl (C=O) groups is 1. The number of amides is 1. The highest BCUT2D eigenvalue weighted by Crippen LogP contribution is 2.12. The van der Waals surface area contributed by atoms with Gasteiger partial charge in [-0.05, 0) is 37.6 Å². The van der Waals surface area contributed by atoms with Crippen LogP contribution in [0.1, 0.15) is 13.3 Å². The lowest BCUT2D eigenvalue weighted by Crippen LogP contribution is -2.35. The Bertz CT molecular complexity index is 374. The molecule has 4 heteroatoms. The summed E-state index contributed by atoms with van der Waals surface area (Å²) in [5, 5.41) is 2.80. The van der Waals surface area contributed by atoms with Crippen molar-refractivity contribution in [3.05, 3.63) is 36.9 Å². The van der Waals surface area contributed by atoms with Gasteiger partial charge in [-0.25, -0.2) is 0 Å². The zero-order valence-corrected chi connectivity index (χ0v) is 9.98. The first kappa shape index (κ1) is 13.1. The average Bonchev–Trinajstić information content (AvgIpc) is 2.28. The number of ether oxygens (including phenoxy) is 1. The number of hydrogen-bond donors (Lipinski definition) is 2. The van der Waals surface area contributed by atoms with Crippen molar-refractivity contribution in [1.82, 2.24) is 5.32 Å². The summed E-state index contributed by atoms with van der Waals surface area (Å²) in [4.78, 5) is 11.5. The van der Waals surface area contributed by atoms with Gasteiger partial charge in [0, 0.05) is 11.7 Å². The van der Waals surface area contributed by atoms with Crippen LogP contribution in [0, 0.1) is 0 Å². The van der Waals surface area contributed by atoms with E-state index in [9.17, 15) is 4.79 Å². The van der Waals surface area contributed by atoms with Gasteiger partial charge < -0.3 is 15.8 Å². The molecule has 4 nitrogen and oxygen atoms in total. The van der Waals surface area contributed by atoms with Crippen LogP contribution in [0.4, 0.5) is 5.69 Å². The topological polar surface area (TPSA) is 64.3 Å². The lowest BCUT2D eigenvalue weighted by molar-refractivity contribution is -0.123. The van der Waals surface area contributed by atoms with Gasteiger partial charge in [-0.15, -0.1) is 6.58 Å². The van der Waals surface area contributed by atoms with Gasteiger partial charge in [0.15, 0.2) is 6.61 Å². The number of nitrogen functional groups attached to an aromatic ring is 1. The fourth-order valence-corrected chi connectivity index (χ4v) is 1.34. The van der Waals surface area contributed by atoms with E-state index in [2.05, 4.69) is 11.9 Å². The molecule has 1 unspecified atom stereocenters. The maximum atomic E-state index is 11.5. The summed E-state index contributed by atoms with van der Waals surface area (Å²) in [6, 6.07) is 7.00. The van der Waals surface area contributed by atoms with Crippen molar-refractivity contribution in [3.63, 3.8) is 0 Å². The van der Waals surface area contributed by atoms with E-state index < -0.39 is 0 Å². The molecule has 1 amide bonds. The fourth-order valence-electron chi connectivity index (χ4n) is 1.34. The molecule has 0 spiro atoms. The Morgan fingerprint density at radius 2 is 2.18 bits per heavy atom. The van der Waals surface area contributed by atoms with Crippen LogP contribution in [0.15, 0.2) is 36.9 Å². The summed E-state index contributed by atoms with van der Waals surface area (Å²) in [5.74, 6) is 0.488.